The van der Waals surface area contributed by atoms with Crippen molar-refractivity contribution in [1.29, 1.82) is 0 Å². The SMILES string of the molecule is CCc1c2c(cc(Br)c1C1CCCNC1)OCCCO2. The third-order valence-corrected chi connectivity index (χ3v) is 4.85. The van der Waals surface area contributed by atoms with Gasteiger partial charge < -0.3 is 14.8 Å². The van der Waals surface area contributed by atoms with Crippen LogP contribution in [-0.4, -0.2) is 26.3 Å². The normalized spacial score (nSPS) is 22.4. The van der Waals surface area contributed by atoms with E-state index in [2.05, 4.69) is 34.2 Å². The zero-order valence-corrected chi connectivity index (χ0v) is 13.6. The van der Waals surface area contributed by atoms with Crippen LogP contribution in [0.25, 0.3) is 0 Å². The number of fused-ring (bicyclic) bond motifs is 1. The highest BCUT2D eigenvalue weighted by atomic mass is 79.9. The van der Waals surface area contributed by atoms with Gasteiger partial charge in [-0.15, -0.1) is 0 Å². The molecule has 1 N–H and O–H groups in total. The highest BCUT2D eigenvalue weighted by Crippen LogP contribution is 2.44. The van der Waals surface area contributed by atoms with Crippen LogP contribution in [0.1, 0.15) is 43.2 Å². The first kappa shape index (κ1) is 14.2. The van der Waals surface area contributed by atoms with Crippen LogP contribution in [0.3, 0.4) is 0 Å². The lowest BCUT2D eigenvalue weighted by molar-refractivity contribution is 0.296. The van der Waals surface area contributed by atoms with Gasteiger partial charge >= 0.3 is 0 Å². The van der Waals surface area contributed by atoms with Crippen LogP contribution >= 0.6 is 15.9 Å². The smallest absolute Gasteiger partial charge is 0.164 e. The Labute approximate surface area is 129 Å². The second kappa shape index (κ2) is 6.35. The summed E-state index contributed by atoms with van der Waals surface area (Å²) in [7, 11) is 0. The lowest BCUT2D eigenvalue weighted by Gasteiger charge is -2.28. The maximum Gasteiger partial charge on any atom is 0.164 e. The summed E-state index contributed by atoms with van der Waals surface area (Å²) >= 11 is 3.76. The van der Waals surface area contributed by atoms with Crippen LogP contribution in [0.5, 0.6) is 11.5 Å². The molecule has 1 atom stereocenters. The van der Waals surface area contributed by atoms with E-state index in [4.69, 9.17) is 9.47 Å². The molecule has 0 aromatic heterocycles. The summed E-state index contributed by atoms with van der Waals surface area (Å²) in [4.78, 5) is 0. The van der Waals surface area contributed by atoms with E-state index in [-0.39, 0.29) is 0 Å². The Balaban J connectivity index is 2.06. The standard InChI is InChI=1S/C16H22BrNO2/c1-2-12-15(11-5-3-6-18-10-11)13(17)9-14-16(12)20-8-4-7-19-14/h9,11,18H,2-8,10H2,1H3. The van der Waals surface area contributed by atoms with Gasteiger partial charge in [0.1, 0.15) is 0 Å². The van der Waals surface area contributed by atoms with Crippen molar-refractivity contribution in [2.75, 3.05) is 26.3 Å². The highest BCUT2D eigenvalue weighted by Gasteiger charge is 2.26. The van der Waals surface area contributed by atoms with Crippen LogP contribution in [0, 0.1) is 0 Å². The molecule has 0 bridgehead atoms. The van der Waals surface area contributed by atoms with E-state index >= 15 is 0 Å². The van der Waals surface area contributed by atoms with E-state index in [1.165, 1.54) is 28.4 Å². The van der Waals surface area contributed by atoms with E-state index in [9.17, 15) is 0 Å². The Morgan fingerprint density at radius 3 is 2.90 bits per heavy atom. The van der Waals surface area contributed by atoms with Crippen molar-refractivity contribution >= 4 is 15.9 Å². The summed E-state index contributed by atoms with van der Waals surface area (Å²) in [6.45, 7) is 5.90. The molecule has 1 unspecified atom stereocenters. The van der Waals surface area contributed by atoms with Gasteiger partial charge in [-0.1, -0.05) is 22.9 Å². The first-order chi connectivity index (χ1) is 9.81. The van der Waals surface area contributed by atoms with Crippen molar-refractivity contribution in [3.63, 3.8) is 0 Å². The molecule has 1 aromatic carbocycles. The van der Waals surface area contributed by atoms with Crippen molar-refractivity contribution in [3.05, 3.63) is 21.7 Å². The Hall–Kier alpha value is -0.740. The number of piperidine rings is 1. The average Bonchev–Trinajstić information content (AvgIpc) is 2.71. The fraction of sp³-hybridized carbons (Fsp3) is 0.625. The molecular formula is C16H22BrNO2. The second-order valence-electron chi connectivity index (χ2n) is 5.53. The Morgan fingerprint density at radius 2 is 2.15 bits per heavy atom. The molecule has 0 saturated carbocycles. The number of ether oxygens (including phenoxy) is 2. The van der Waals surface area contributed by atoms with Gasteiger partial charge in [-0.2, -0.15) is 0 Å². The minimum Gasteiger partial charge on any atom is -0.490 e. The molecule has 2 aliphatic heterocycles. The van der Waals surface area contributed by atoms with E-state index < -0.39 is 0 Å². The first-order valence-corrected chi connectivity index (χ1v) is 8.42. The largest absolute Gasteiger partial charge is 0.490 e. The minimum atomic E-state index is 0.574. The van der Waals surface area contributed by atoms with Crippen molar-refractivity contribution in [3.8, 4) is 11.5 Å². The van der Waals surface area contributed by atoms with E-state index in [1.54, 1.807) is 0 Å². The number of benzene rings is 1. The van der Waals surface area contributed by atoms with Crippen molar-refractivity contribution in [1.82, 2.24) is 5.32 Å². The van der Waals surface area contributed by atoms with Crippen LogP contribution in [0.15, 0.2) is 10.5 Å². The van der Waals surface area contributed by atoms with Crippen molar-refractivity contribution < 1.29 is 9.47 Å². The number of rotatable bonds is 2. The van der Waals surface area contributed by atoms with Crippen LogP contribution < -0.4 is 14.8 Å². The monoisotopic (exact) mass is 339 g/mol. The minimum absolute atomic E-state index is 0.574. The van der Waals surface area contributed by atoms with Crippen LogP contribution in [0.2, 0.25) is 0 Å². The second-order valence-corrected chi connectivity index (χ2v) is 6.38. The van der Waals surface area contributed by atoms with E-state index in [0.717, 1.165) is 50.6 Å². The van der Waals surface area contributed by atoms with Gasteiger partial charge in [-0.3, -0.25) is 0 Å². The molecule has 4 heteroatoms. The molecule has 1 fully saturated rings. The lowest BCUT2D eigenvalue weighted by Crippen LogP contribution is -2.29. The summed E-state index contributed by atoms with van der Waals surface area (Å²) in [5.41, 5.74) is 2.74. The molecule has 0 radical (unpaired) electrons. The van der Waals surface area contributed by atoms with Gasteiger partial charge in [0.05, 0.1) is 13.2 Å². The maximum atomic E-state index is 5.99. The summed E-state index contributed by atoms with van der Waals surface area (Å²) in [5, 5.41) is 3.51. The molecule has 2 heterocycles. The van der Waals surface area contributed by atoms with Crippen LogP contribution in [-0.2, 0) is 6.42 Å². The molecule has 3 rings (SSSR count). The lowest BCUT2D eigenvalue weighted by atomic mass is 9.87. The van der Waals surface area contributed by atoms with Crippen LogP contribution in [0.4, 0.5) is 0 Å². The molecule has 1 saturated heterocycles. The summed E-state index contributed by atoms with van der Waals surface area (Å²) in [6, 6.07) is 2.10. The third kappa shape index (κ3) is 2.68. The van der Waals surface area contributed by atoms with E-state index in [0.29, 0.717) is 5.92 Å². The fourth-order valence-electron chi connectivity index (χ4n) is 3.24. The average molecular weight is 340 g/mol. The number of nitrogens with one attached hydrogen (secondary N) is 1. The van der Waals surface area contributed by atoms with Gasteiger partial charge in [0.15, 0.2) is 11.5 Å². The van der Waals surface area contributed by atoms with E-state index in [1.807, 2.05) is 0 Å². The van der Waals surface area contributed by atoms with Crippen molar-refractivity contribution in [2.45, 2.75) is 38.5 Å². The molecular weight excluding hydrogens is 318 g/mol. The molecule has 0 amide bonds. The Kier molecular flexibility index (Phi) is 4.51. The Bertz CT molecular complexity index is 484. The molecule has 2 aliphatic rings. The van der Waals surface area contributed by atoms with Crippen molar-refractivity contribution in [2.24, 2.45) is 0 Å². The molecule has 1 aromatic rings. The zero-order valence-electron chi connectivity index (χ0n) is 12.0. The molecule has 20 heavy (non-hydrogen) atoms. The molecule has 110 valence electrons. The summed E-state index contributed by atoms with van der Waals surface area (Å²) < 4.78 is 13.0. The molecule has 0 spiro atoms. The zero-order chi connectivity index (χ0) is 13.9. The number of hydrogen-bond donors (Lipinski definition) is 1. The quantitative estimate of drug-likeness (QED) is 0.892. The van der Waals surface area contributed by atoms with Gasteiger partial charge in [0.2, 0.25) is 0 Å². The first-order valence-electron chi connectivity index (χ1n) is 7.62. The predicted octanol–water partition coefficient (Wildman–Crippen LogP) is 3.64. The third-order valence-electron chi connectivity index (χ3n) is 4.19. The van der Waals surface area contributed by atoms with Gasteiger partial charge in [0, 0.05) is 23.0 Å². The number of halogens is 1. The Morgan fingerprint density at radius 1 is 1.30 bits per heavy atom. The highest BCUT2D eigenvalue weighted by molar-refractivity contribution is 9.10. The van der Waals surface area contributed by atoms with Gasteiger partial charge in [-0.25, -0.2) is 0 Å². The molecule has 3 nitrogen and oxygen atoms in total. The number of hydrogen-bond acceptors (Lipinski definition) is 3. The maximum absolute atomic E-state index is 5.99. The van der Waals surface area contributed by atoms with Gasteiger partial charge in [0.25, 0.3) is 0 Å². The van der Waals surface area contributed by atoms with Gasteiger partial charge in [-0.05, 0) is 43.4 Å². The summed E-state index contributed by atoms with van der Waals surface area (Å²) in [5.74, 6) is 2.46. The summed E-state index contributed by atoms with van der Waals surface area (Å²) in [6.07, 6.45) is 4.43. The molecule has 0 aliphatic carbocycles. The fourth-order valence-corrected chi connectivity index (χ4v) is 4.02. The predicted molar refractivity (Wildman–Crippen MR) is 84.0 cm³/mol. The topological polar surface area (TPSA) is 30.5 Å².